The van der Waals surface area contributed by atoms with Gasteiger partial charge in [0.15, 0.2) is 0 Å². The summed E-state index contributed by atoms with van der Waals surface area (Å²) in [6.07, 6.45) is 0. The second-order valence-electron chi connectivity index (χ2n) is 4.51. The van der Waals surface area contributed by atoms with Crippen LogP contribution >= 0.6 is 54.9 Å². The Morgan fingerprint density at radius 2 is 0.857 bits per heavy atom. The summed E-state index contributed by atoms with van der Waals surface area (Å²) in [5, 5.41) is 2.96. The van der Waals surface area contributed by atoms with E-state index in [1.54, 1.807) is 0 Å². The molecule has 2 rings (SSSR count). The Balaban J connectivity index is 0.000000322. The Bertz CT molecular complexity index is 407. The molecule has 0 nitrogen and oxygen atoms in total. The van der Waals surface area contributed by atoms with Crippen LogP contribution in [0, 0.1) is 0 Å². The van der Waals surface area contributed by atoms with Crippen molar-refractivity contribution in [1.82, 2.24) is 0 Å². The molecule has 0 saturated carbocycles. The van der Waals surface area contributed by atoms with E-state index in [1.165, 1.54) is 10.6 Å². The second kappa shape index (κ2) is 15.0. The number of halogens is 2. The monoisotopic (exact) mass is 636 g/mol. The van der Waals surface area contributed by atoms with E-state index in [1.807, 2.05) is 0 Å². The van der Waals surface area contributed by atoms with Gasteiger partial charge in [0.05, 0.1) is 0 Å². The van der Waals surface area contributed by atoms with Crippen molar-refractivity contribution in [2.24, 2.45) is 0 Å². The minimum absolute atomic E-state index is 0.104. The molecule has 2 aromatic rings. The molecule has 0 spiro atoms. The molecule has 0 saturated heterocycles. The van der Waals surface area contributed by atoms with Crippen LogP contribution in [0.4, 0.5) is 0 Å². The van der Waals surface area contributed by atoms with E-state index in [9.17, 15) is 0 Å². The van der Waals surface area contributed by atoms with Crippen LogP contribution in [0.3, 0.4) is 0 Å². The fourth-order valence-electron chi connectivity index (χ4n) is 1.45. The predicted molar refractivity (Wildman–Crippen MR) is 118 cm³/mol. The van der Waals surface area contributed by atoms with Gasteiger partial charge < -0.3 is 0 Å². The molecule has 5 heteroatoms. The zero-order valence-electron chi connectivity index (χ0n) is 12.7. The van der Waals surface area contributed by atoms with E-state index >= 15 is 0 Å². The molecular formula is C16H22I2P2Pd. The van der Waals surface area contributed by atoms with Crippen molar-refractivity contribution in [3.05, 3.63) is 60.7 Å². The zero-order valence-corrected chi connectivity index (χ0v) is 20.4. The SMILES string of the molecule is CP(C)c1ccccc1.CP(C)c1ccccc1.[I][Pd][I]. The Morgan fingerprint density at radius 1 is 0.619 bits per heavy atom. The number of benzene rings is 2. The first-order chi connectivity index (χ1) is 10.0. The van der Waals surface area contributed by atoms with Crippen LogP contribution in [-0.2, 0) is 10.8 Å². The molecule has 0 unspecified atom stereocenters. The maximum absolute atomic E-state index is 2.33. The minimum atomic E-state index is 0.104. The van der Waals surface area contributed by atoms with Crippen LogP contribution in [0.5, 0.6) is 0 Å². The summed E-state index contributed by atoms with van der Waals surface area (Å²) in [5.74, 6) is 0. The third-order valence-corrected chi connectivity index (χ3v) is 5.21. The molecule has 21 heavy (non-hydrogen) atoms. The van der Waals surface area contributed by atoms with Gasteiger partial charge in [0, 0.05) is 0 Å². The first-order valence-corrected chi connectivity index (χ1v) is 20.0. The van der Waals surface area contributed by atoms with Gasteiger partial charge in [0.25, 0.3) is 0 Å². The number of rotatable bonds is 2. The van der Waals surface area contributed by atoms with Crippen LogP contribution in [0.25, 0.3) is 0 Å². The average Bonchev–Trinajstić information content (AvgIpc) is 2.50. The van der Waals surface area contributed by atoms with Gasteiger partial charge in [0.2, 0.25) is 0 Å². The Morgan fingerprint density at radius 3 is 1.00 bits per heavy atom. The van der Waals surface area contributed by atoms with Crippen LogP contribution in [0.15, 0.2) is 60.7 Å². The fraction of sp³-hybridized carbons (Fsp3) is 0.250. The van der Waals surface area contributed by atoms with Crippen molar-refractivity contribution in [1.29, 1.82) is 0 Å². The van der Waals surface area contributed by atoms with Crippen LogP contribution < -0.4 is 10.6 Å². The van der Waals surface area contributed by atoms with Gasteiger partial charge in [-0.2, -0.15) is 0 Å². The summed E-state index contributed by atoms with van der Waals surface area (Å²) in [4.78, 5) is 0. The van der Waals surface area contributed by atoms with Crippen molar-refractivity contribution in [3.8, 4) is 0 Å². The summed E-state index contributed by atoms with van der Waals surface area (Å²) in [5.41, 5.74) is 0. The van der Waals surface area contributed by atoms with E-state index in [2.05, 4.69) is 126 Å². The normalized spacial score (nSPS) is 9.71. The maximum atomic E-state index is 2.33. The van der Waals surface area contributed by atoms with E-state index in [0.717, 1.165) is 10.8 Å². The van der Waals surface area contributed by atoms with Gasteiger partial charge in [-0.05, 0) is 37.3 Å². The Hall–Kier alpha value is 1.42. The van der Waals surface area contributed by atoms with Crippen molar-refractivity contribution in [2.45, 2.75) is 0 Å². The molecule has 0 heterocycles. The van der Waals surface area contributed by atoms with E-state index < -0.39 is 0 Å². The van der Waals surface area contributed by atoms with Crippen molar-refractivity contribution in [3.63, 3.8) is 0 Å². The molecule has 120 valence electrons. The van der Waals surface area contributed by atoms with Crippen molar-refractivity contribution in [2.75, 3.05) is 26.7 Å². The third kappa shape index (κ3) is 12.5. The van der Waals surface area contributed by atoms with Crippen LogP contribution in [0.2, 0.25) is 0 Å². The topological polar surface area (TPSA) is 0 Å². The van der Waals surface area contributed by atoms with Crippen molar-refractivity contribution >= 4 is 65.5 Å². The summed E-state index contributed by atoms with van der Waals surface area (Å²) >= 11 is 4.65. The molecular weight excluding hydrogens is 614 g/mol. The molecule has 0 aliphatic heterocycles. The molecule has 0 amide bonds. The molecule has 0 radical (unpaired) electrons. The molecule has 0 atom stereocenters. The first-order valence-electron chi connectivity index (χ1n) is 6.30. The van der Waals surface area contributed by atoms with Crippen molar-refractivity contribution < 1.29 is 10.8 Å². The van der Waals surface area contributed by atoms with E-state index in [0.29, 0.717) is 0 Å². The summed E-state index contributed by atoms with van der Waals surface area (Å²) in [7, 11) is 1.10. The van der Waals surface area contributed by atoms with Gasteiger partial charge in [-0.15, -0.1) is 0 Å². The van der Waals surface area contributed by atoms with E-state index in [-0.39, 0.29) is 15.8 Å². The van der Waals surface area contributed by atoms with Gasteiger partial charge in [0.1, 0.15) is 0 Å². The fourth-order valence-corrected chi connectivity index (χ4v) is 2.99. The summed E-state index contributed by atoms with van der Waals surface area (Å²) in [6.45, 7) is 9.07. The zero-order chi connectivity index (χ0) is 16.1. The number of hydrogen-bond donors (Lipinski definition) is 0. The molecule has 2 aromatic carbocycles. The van der Waals surface area contributed by atoms with Gasteiger partial charge in [-0.1, -0.05) is 76.5 Å². The third-order valence-electron chi connectivity index (χ3n) is 2.55. The predicted octanol–water partition coefficient (Wildman–Crippen LogP) is 5.88. The second-order valence-corrected chi connectivity index (χ2v) is 21.1. The molecule has 0 N–H and O–H groups in total. The van der Waals surface area contributed by atoms with E-state index in [4.69, 9.17) is 0 Å². The average molecular weight is 637 g/mol. The molecule has 0 fully saturated rings. The van der Waals surface area contributed by atoms with Gasteiger partial charge >= 0.3 is 49.8 Å². The van der Waals surface area contributed by atoms with Gasteiger partial charge in [-0.3, -0.25) is 0 Å². The first kappa shape index (κ1) is 22.4. The number of hydrogen-bond acceptors (Lipinski definition) is 0. The molecule has 0 aliphatic rings. The molecule has 0 bridgehead atoms. The van der Waals surface area contributed by atoms with Crippen LogP contribution in [0.1, 0.15) is 0 Å². The van der Waals surface area contributed by atoms with Gasteiger partial charge in [-0.25, -0.2) is 0 Å². The standard InChI is InChI=1S/2C8H11P.2HI.Pd/c2*1-9(2)8-6-4-3-5-7-8;;;/h2*3-7H,1-2H3;2*1H;/q;;;;+2/p-2. The molecule has 0 aromatic heterocycles. The quantitative estimate of drug-likeness (QED) is 0.220. The summed E-state index contributed by atoms with van der Waals surface area (Å²) < 4.78 is 0. The Kier molecular flexibility index (Phi) is 16.0. The van der Waals surface area contributed by atoms with Crippen LogP contribution in [-0.4, -0.2) is 26.7 Å². The summed E-state index contributed by atoms with van der Waals surface area (Å²) in [6, 6.07) is 21.2. The Labute approximate surface area is 161 Å². The molecule has 0 aliphatic carbocycles.